The predicted octanol–water partition coefficient (Wildman–Crippen LogP) is 4.28. The van der Waals surface area contributed by atoms with E-state index in [1.54, 1.807) is 4.52 Å². The minimum Gasteiger partial charge on any atom is -0.322 e. The number of hydrogen-bond acceptors (Lipinski definition) is 5. The molecule has 2 aromatic carbocycles. The Morgan fingerprint density at radius 2 is 1.78 bits per heavy atom. The molecule has 0 aliphatic carbocycles. The van der Waals surface area contributed by atoms with Gasteiger partial charge < -0.3 is 5.32 Å². The van der Waals surface area contributed by atoms with Crippen LogP contribution in [0.4, 0.5) is 5.69 Å². The Kier molecular flexibility index (Phi) is 4.45. The summed E-state index contributed by atoms with van der Waals surface area (Å²) in [6, 6.07) is 13.5. The van der Waals surface area contributed by atoms with Gasteiger partial charge in [0.05, 0.1) is 0 Å². The second kappa shape index (κ2) is 6.92. The number of nitrogens with zero attached hydrogens (tertiary/aromatic N) is 4. The van der Waals surface area contributed by atoms with Crippen molar-refractivity contribution < 1.29 is 4.79 Å². The van der Waals surface area contributed by atoms with Crippen LogP contribution in [0.15, 0.2) is 42.5 Å². The Hall–Kier alpha value is -3.06. The third-order valence-electron chi connectivity index (χ3n) is 4.25. The zero-order valence-corrected chi connectivity index (χ0v) is 16.2. The summed E-state index contributed by atoms with van der Waals surface area (Å²) in [6.07, 6.45) is 0.785. The van der Waals surface area contributed by atoms with Gasteiger partial charge >= 0.3 is 0 Å². The maximum absolute atomic E-state index is 12.5. The third-order valence-corrected chi connectivity index (χ3v) is 5.19. The standard InChI is InChI=1S/C20H19N5OS/c1-4-17-22-23-20-25(17)24-19(27-20)14-5-7-16(8-6-14)21-18(26)15-10-12(2)9-13(3)11-15/h5-11H,4H2,1-3H3,(H,21,26). The van der Waals surface area contributed by atoms with E-state index in [4.69, 9.17) is 0 Å². The minimum atomic E-state index is -0.110. The number of amides is 1. The lowest BCUT2D eigenvalue weighted by Crippen LogP contribution is -2.12. The SMILES string of the molecule is CCc1nnc2sc(-c3ccc(NC(=O)c4cc(C)cc(C)c4)cc3)nn12. The molecule has 0 saturated carbocycles. The number of anilines is 1. The van der Waals surface area contributed by atoms with E-state index in [1.165, 1.54) is 11.3 Å². The van der Waals surface area contributed by atoms with Crippen molar-refractivity contribution in [3.05, 3.63) is 65.0 Å². The maximum atomic E-state index is 12.5. The highest BCUT2D eigenvalue weighted by molar-refractivity contribution is 7.19. The topological polar surface area (TPSA) is 72.2 Å². The summed E-state index contributed by atoms with van der Waals surface area (Å²) in [6.45, 7) is 6.01. The quantitative estimate of drug-likeness (QED) is 0.576. The first-order chi connectivity index (χ1) is 13.0. The number of aryl methyl sites for hydroxylation is 3. The summed E-state index contributed by atoms with van der Waals surface area (Å²) < 4.78 is 1.79. The molecule has 2 heterocycles. The number of hydrogen-bond donors (Lipinski definition) is 1. The number of carbonyl (C=O) groups excluding carboxylic acids is 1. The van der Waals surface area contributed by atoms with E-state index in [0.29, 0.717) is 5.56 Å². The molecule has 0 atom stereocenters. The summed E-state index contributed by atoms with van der Waals surface area (Å²) in [5.41, 5.74) is 4.55. The van der Waals surface area contributed by atoms with Crippen LogP contribution < -0.4 is 5.32 Å². The molecular formula is C20H19N5OS. The van der Waals surface area contributed by atoms with Gasteiger partial charge in [-0.3, -0.25) is 4.79 Å². The summed E-state index contributed by atoms with van der Waals surface area (Å²) in [7, 11) is 0. The third kappa shape index (κ3) is 3.46. The van der Waals surface area contributed by atoms with E-state index in [9.17, 15) is 4.79 Å². The Labute approximate surface area is 160 Å². The van der Waals surface area contributed by atoms with Crippen molar-refractivity contribution in [2.45, 2.75) is 27.2 Å². The molecule has 4 rings (SSSR count). The van der Waals surface area contributed by atoms with Crippen LogP contribution in [0.3, 0.4) is 0 Å². The Morgan fingerprint density at radius 1 is 1.07 bits per heavy atom. The smallest absolute Gasteiger partial charge is 0.255 e. The van der Waals surface area contributed by atoms with E-state index >= 15 is 0 Å². The monoisotopic (exact) mass is 377 g/mol. The van der Waals surface area contributed by atoms with Crippen molar-refractivity contribution in [1.82, 2.24) is 19.8 Å². The lowest BCUT2D eigenvalue weighted by Gasteiger charge is -2.07. The summed E-state index contributed by atoms with van der Waals surface area (Å²) >= 11 is 1.50. The lowest BCUT2D eigenvalue weighted by atomic mass is 10.1. The summed E-state index contributed by atoms with van der Waals surface area (Å²) in [4.78, 5) is 13.3. The van der Waals surface area contributed by atoms with Gasteiger partial charge in [0.25, 0.3) is 5.91 Å². The molecule has 1 amide bonds. The average Bonchev–Trinajstić information content (AvgIpc) is 3.22. The van der Waals surface area contributed by atoms with Crippen LogP contribution >= 0.6 is 11.3 Å². The average molecular weight is 377 g/mol. The molecule has 0 saturated heterocycles. The van der Waals surface area contributed by atoms with Crippen LogP contribution in [0.5, 0.6) is 0 Å². The van der Waals surface area contributed by atoms with Crippen molar-refractivity contribution in [2.24, 2.45) is 0 Å². The molecule has 2 aromatic heterocycles. The van der Waals surface area contributed by atoms with Crippen LogP contribution in [-0.2, 0) is 6.42 Å². The number of benzene rings is 2. The molecule has 0 spiro atoms. The normalized spacial score (nSPS) is 11.1. The van der Waals surface area contributed by atoms with E-state index < -0.39 is 0 Å². The van der Waals surface area contributed by atoms with Crippen LogP contribution in [0.25, 0.3) is 15.5 Å². The number of aromatic nitrogens is 4. The first-order valence-electron chi connectivity index (χ1n) is 8.74. The van der Waals surface area contributed by atoms with Gasteiger partial charge in [-0.05, 0) is 50.2 Å². The van der Waals surface area contributed by atoms with E-state index in [-0.39, 0.29) is 5.91 Å². The van der Waals surface area contributed by atoms with E-state index in [2.05, 4.69) is 26.7 Å². The van der Waals surface area contributed by atoms with Gasteiger partial charge in [0.1, 0.15) is 5.01 Å². The van der Waals surface area contributed by atoms with Crippen LogP contribution in [0.1, 0.15) is 34.2 Å². The predicted molar refractivity (Wildman–Crippen MR) is 107 cm³/mol. The fourth-order valence-electron chi connectivity index (χ4n) is 3.00. The highest BCUT2D eigenvalue weighted by atomic mass is 32.1. The number of fused-ring (bicyclic) bond motifs is 1. The van der Waals surface area contributed by atoms with Gasteiger partial charge in [-0.1, -0.05) is 35.5 Å². The van der Waals surface area contributed by atoms with E-state index in [1.807, 2.05) is 57.2 Å². The molecule has 6 nitrogen and oxygen atoms in total. The Morgan fingerprint density at radius 3 is 2.44 bits per heavy atom. The summed E-state index contributed by atoms with van der Waals surface area (Å²) in [5, 5.41) is 16.7. The number of nitrogens with one attached hydrogen (secondary N) is 1. The largest absolute Gasteiger partial charge is 0.322 e. The highest BCUT2D eigenvalue weighted by Crippen LogP contribution is 2.26. The van der Waals surface area contributed by atoms with Crippen LogP contribution in [0.2, 0.25) is 0 Å². The molecule has 0 fully saturated rings. The first-order valence-corrected chi connectivity index (χ1v) is 9.56. The van der Waals surface area contributed by atoms with Gasteiger partial charge in [-0.15, -0.1) is 10.2 Å². The molecular weight excluding hydrogens is 358 g/mol. The van der Waals surface area contributed by atoms with Crippen molar-refractivity contribution in [2.75, 3.05) is 5.32 Å². The van der Waals surface area contributed by atoms with Gasteiger partial charge in [-0.25, -0.2) is 0 Å². The molecule has 7 heteroatoms. The fourth-order valence-corrected chi connectivity index (χ4v) is 3.86. The van der Waals surface area contributed by atoms with E-state index in [0.717, 1.165) is 44.6 Å². The summed E-state index contributed by atoms with van der Waals surface area (Å²) in [5.74, 6) is 0.741. The van der Waals surface area contributed by atoms with Gasteiger partial charge in [0, 0.05) is 23.2 Å². The lowest BCUT2D eigenvalue weighted by molar-refractivity contribution is 0.102. The molecule has 4 aromatic rings. The maximum Gasteiger partial charge on any atom is 0.255 e. The Bertz CT molecular complexity index is 1110. The van der Waals surface area contributed by atoms with Crippen molar-refractivity contribution in [3.8, 4) is 10.6 Å². The molecule has 136 valence electrons. The molecule has 1 N–H and O–H groups in total. The van der Waals surface area contributed by atoms with Crippen LogP contribution in [0, 0.1) is 13.8 Å². The molecule has 27 heavy (non-hydrogen) atoms. The van der Waals surface area contributed by atoms with Crippen LogP contribution in [-0.4, -0.2) is 25.7 Å². The molecule has 0 bridgehead atoms. The van der Waals surface area contributed by atoms with Crippen molar-refractivity contribution in [3.63, 3.8) is 0 Å². The second-order valence-corrected chi connectivity index (χ2v) is 7.44. The fraction of sp³-hybridized carbons (Fsp3) is 0.200. The minimum absolute atomic E-state index is 0.110. The zero-order chi connectivity index (χ0) is 19.0. The van der Waals surface area contributed by atoms with Gasteiger partial charge in [-0.2, -0.15) is 9.61 Å². The first kappa shape index (κ1) is 17.4. The Balaban J connectivity index is 1.54. The van der Waals surface area contributed by atoms with Gasteiger partial charge in [0.2, 0.25) is 4.96 Å². The van der Waals surface area contributed by atoms with Gasteiger partial charge in [0.15, 0.2) is 5.82 Å². The number of carbonyl (C=O) groups is 1. The molecule has 0 unspecified atom stereocenters. The molecule has 0 aliphatic heterocycles. The van der Waals surface area contributed by atoms with Crippen molar-refractivity contribution in [1.29, 1.82) is 0 Å². The second-order valence-electron chi connectivity index (χ2n) is 6.48. The number of rotatable bonds is 4. The molecule has 0 radical (unpaired) electrons. The molecule has 0 aliphatic rings. The van der Waals surface area contributed by atoms with Crippen molar-refractivity contribution >= 4 is 27.9 Å². The zero-order valence-electron chi connectivity index (χ0n) is 15.4. The highest BCUT2D eigenvalue weighted by Gasteiger charge is 2.12.